The summed E-state index contributed by atoms with van der Waals surface area (Å²) in [6, 6.07) is 14.3. The molecule has 5 rings (SSSR count). The van der Waals surface area contributed by atoms with Crippen molar-refractivity contribution in [2.24, 2.45) is 7.05 Å². The second-order valence-electron chi connectivity index (χ2n) is 8.78. The first-order valence-electron chi connectivity index (χ1n) is 11.6. The quantitative estimate of drug-likeness (QED) is 0.286. The van der Waals surface area contributed by atoms with Crippen LogP contribution >= 0.6 is 0 Å². The number of hydrogen-bond donors (Lipinski definition) is 2. The summed E-state index contributed by atoms with van der Waals surface area (Å²) in [6.45, 7) is -1.04. The molecule has 0 spiro atoms. The third-order valence-corrected chi connectivity index (χ3v) is 6.01. The van der Waals surface area contributed by atoms with Gasteiger partial charge in [0.2, 0.25) is 0 Å². The summed E-state index contributed by atoms with van der Waals surface area (Å²) in [4.78, 5) is 9.02. The predicted molar refractivity (Wildman–Crippen MR) is 134 cm³/mol. The van der Waals surface area contributed by atoms with Crippen molar-refractivity contribution in [3.05, 3.63) is 78.3 Å². The van der Waals surface area contributed by atoms with Gasteiger partial charge >= 0.3 is 12.8 Å². The summed E-state index contributed by atoms with van der Waals surface area (Å²) in [5.74, 6) is 0.441. The molecule has 1 aliphatic rings. The number of nitrogens with zero attached hydrogens (tertiary/aromatic N) is 4. The minimum absolute atomic E-state index is 0.0215. The topological polar surface area (TPSA) is 67.2 Å². The van der Waals surface area contributed by atoms with E-state index < -0.39 is 24.5 Å². The normalized spacial score (nSPS) is 15.8. The molecule has 0 saturated carbocycles. The molecule has 1 atom stereocenters. The zero-order chi connectivity index (χ0) is 27.0. The van der Waals surface area contributed by atoms with Gasteiger partial charge in [0, 0.05) is 31.3 Å². The summed E-state index contributed by atoms with van der Waals surface area (Å²) in [6.07, 6.45) is -1.74. The molecule has 1 aliphatic heterocycles. The summed E-state index contributed by atoms with van der Waals surface area (Å²) in [7, 11) is 1.81. The van der Waals surface area contributed by atoms with Crippen molar-refractivity contribution in [2.75, 3.05) is 10.3 Å². The van der Waals surface area contributed by atoms with E-state index in [1.54, 1.807) is 73.4 Å². The van der Waals surface area contributed by atoms with E-state index in [1.165, 1.54) is 6.07 Å². The van der Waals surface area contributed by atoms with Gasteiger partial charge in [-0.3, -0.25) is 5.01 Å². The van der Waals surface area contributed by atoms with Crippen LogP contribution in [0.3, 0.4) is 0 Å². The number of allylic oxidation sites excluding steroid dienone is 1. The van der Waals surface area contributed by atoms with E-state index in [1.807, 2.05) is 0 Å². The summed E-state index contributed by atoms with van der Waals surface area (Å²) < 4.78 is 72.7. The van der Waals surface area contributed by atoms with Crippen LogP contribution in [0.2, 0.25) is 0 Å². The highest BCUT2D eigenvalue weighted by atomic mass is 19.4. The summed E-state index contributed by atoms with van der Waals surface area (Å²) >= 11 is 0. The predicted octanol–water partition coefficient (Wildman–Crippen LogP) is 6.01. The number of imidazole rings is 1. The Labute approximate surface area is 214 Å². The average Bonchev–Trinajstić information content (AvgIpc) is 3.45. The molecule has 0 fully saturated rings. The van der Waals surface area contributed by atoms with Crippen molar-refractivity contribution >= 4 is 22.5 Å². The van der Waals surface area contributed by atoms with Crippen LogP contribution in [0, 0.1) is 0 Å². The molecule has 38 heavy (non-hydrogen) atoms. The van der Waals surface area contributed by atoms with Crippen molar-refractivity contribution in [3.8, 4) is 17.0 Å². The smallest absolute Gasteiger partial charge is 0.432 e. The molecule has 4 aromatic rings. The van der Waals surface area contributed by atoms with Gasteiger partial charge in [-0.15, -0.1) is 0 Å². The van der Waals surface area contributed by atoms with Crippen LogP contribution in [0.15, 0.2) is 72.7 Å². The van der Waals surface area contributed by atoms with E-state index in [4.69, 9.17) is 4.74 Å². The molecule has 2 aromatic heterocycles. The Kier molecular flexibility index (Phi) is 6.66. The molecule has 198 valence electrons. The lowest BCUT2D eigenvalue weighted by molar-refractivity contribution is -0.0931. The van der Waals surface area contributed by atoms with E-state index in [2.05, 4.69) is 20.7 Å². The fourth-order valence-electron chi connectivity index (χ4n) is 4.28. The van der Waals surface area contributed by atoms with Gasteiger partial charge in [-0.25, -0.2) is 15.4 Å². The van der Waals surface area contributed by atoms with Gasteiger partial charge in [-0.2, -0.15) is 22.0 Å². The lowest BCUT2D eigenvalue weighted by Gasteiger charge is -2.24. The van der Waals surface area contributed by atoms with E-state index in [0.717, 1.165) is 22.2 Å². The van der Waals surface area contributed by atoms with Crippen LogP contribution in [0.4, 0.5) is 33.5 Å². The molecule has 2 aromatic carbocycles. The molecule has 0 amide bonds. The first-order chi connectivity index (χ1) is 18.1. The van der Waals surface area contributed by atoms with Crippen molar-refractivity contribution < 1.29 is 26.7 Å². The molecule has 1 unspecified atom stereocenters. The lowest BCUT2D eigenvalue weighted by atomic mass is 10.1. The number of ether oxygens (including phenoxy) is 1. The van der Waals surface area contributed by atoms with E-state index in [-0.39, 0.29) is 5.75 Å². The van der Waals surface area contributed by atoms with Gasteiger partial charge in [0.15, 0.2) is 0 Å². The molecule has 12 heteroatoms. The number of halogens is 5. The average molecular weight is 531 g/mol. The second-order valence-corrected chi connectivity index (χ2v) is 8.78. The van der Waals surface area contributed by atoms with Crippen molar-refractivity contribution in [1.82, 2.24) is 20.0 Å². The van der Waals surface area contributed by atoms with Crippen molar-refractivity contribution in [3.63, 3.8) is 0 Å². The maximum atomic E-state index is 13.4. The van der Waals surface area contributed by atoms with Crippen LogP contribution in [0.1, 0.15) is 12.5 Å². The van der Waals surface area contributed by atoms with Crippen LogP contribution in [0.5, 0.6) is 5.75 Å². The second kappa shape index (κ2) is 9.93. The van der Waals surface area contributed by atoms with Crippen LogP contribution in [-0.4, -0.2) is 33.4 Å². The standard InChI is InChI=1S/C26H23F5N6O/c1-15-11-21(26(29,30)31)37(35-15)17-9-7-16(8-10-17)13-32-22-12-19-24(33-14-36(19)2)23(34-22)18-5-3-4-6-20(18)38-25(27)28/h3-12,14-15,25,35H,13H2,1-2H3,(H,32,34). The lowest BCUT2D eigenvalue weighted by Crippen LogP contribution is -2.39. The molecule has 2 N–H and O–H groups in total. The Morgan fingerprint density at radius 2 is 1.84 bits per heavy atom. The maximum Gasteiger partial charge on any atom is 0.432 e. The summed E-state index contributed by atoms with van der Waals surface area (Å²) in [5, 5.41) is 4.24. The number of pyridine rings is 1. The number of hydrazine groups is 1. The number of nitrogens with one attached hydrogen (secondary N) is 2. The number of rotatable bonds is 7. The molecular weight excluding hydrogens is 507 g/mol. The molecule has 0 radical (unpaired) electrons. The van der Waals surface area contributed by atoms with Crippen molar-refractivity contribution in [2.45, 2.75) is 32.3 Å². The Hall–Kier alpha value is -4.19. The Morgan fingerprint density at radius 1 is 1.11 bits per heavy atom. The number of benzene rings is 2. The third kappa shape index (κ3) is 5.12. The van der Waals surface area contributed by atoms with Gasteiger partial charge in [0.1, 0.15) is 28.5 Å². The fourth-order valence-corrected chi connectivity index (χ4v) is 4.28. The molecular formula is C26H23F5N6O. The highest BCUT2D eigenvalue weighted by molar-refractivity contribution is 5.93. The molecule has 0 aliphatic carbocycles. The number of alkyl halides is 5. The zero-order valence-electron chi connectivity index (χ0n) is 20.3. The number of hydrogen-bond acceptors (Lipinski definition) is 6. The van der Waals surface area contributed by atoms with Crippen LogP contribution in [-0.2, 0) is 13.6 Å². The van der Waals surface area contributed by atoms with E-state index in [0.29, 0.717) is 34.8 Å². The van der Waals surface area contributed by atoms with Gasteiger partial charge < -0.3 is 14.6 Å². The Bertz CT molecular complexity index is 1480. The van der Waals surface area contributed by atoms with Gasteiger partial charge in [-0.1, -0.05) is 24.3 Å². The first-order valence-corrected chi connectivity index (χ1v) is 11.6. The summed E-state index contributed by atoms with van der Waals surface area (Å²) in [5.41, 5.74) is 5.17. The fraction of sp³-hybridized carbons (Fsp3) is 0.231. The molecule has 7 nitrogen and oxygen atoms in total. The number of aromatic nitrogens is 3. The maximum absolute atomic E-state index is 13.4. The highest BCUT2D eigenvalue weighted by Crippen LogP contribution is 2.36. The zero-order valence-corrected chi connectivity index (χ0v) is 20.3. The molecule has 0 bridgehead atoms. The van der Waals surface area contributed by atoms with Gasteiger partial charge in [0.05, 0.1) is 17.5 Å². The first kappa shape index (κ1) is 25.5. The molecule has 3 heterocycles. The van der Waals surface area contributed by atoms with Gasteiger partial charge in [0.25, 0.3) is 0 Å². The highest BCUT2D eigenvalue weighted by Gasteiger charge is 2.41. The number of aryl methyl sites for hydroxylation is 1. The SMILES string of the molecule is CC1C=C(C(F)(F)F)N(c2ccc(CNc3cc4c(ncn4C)c(-c4ccccc4OC(F)F)n3)cc2)N1. The number of anilines is 2. The number of fused-ring (bicyclic) bond motifs is 1. The monoisotopic (exact) mass is 530 g/mol. The van der Waals surface area contributed by atoms with E-state index in [9.17, 15) is 22.0 Å². The Morgan fingerprint density at radius 3 is 2.55 bits per heavy atom. The van der Waals surface area contributed by atoms with Crippen LogP contribution in [0.25, 0.3) is 22.3 Å². The van der Waals surface area contributed by atoms with Crippen molar-refractivity contribution in [1.29, 1.82) is 0 Å². The van der Waals surface area contributed by atoms with Crippen LogP contribution < -0.4 is 20.5 Å². The largest absolute Gasteiger partial charge is 0.434 e. The number of para-hydroxylation sites is 1. The van der Waals surface area contributed by atoms with E-state index >= 15 is 0 Å². The van der Waals surface area contributed by atoms with Gasteiger partial charge in [-0.05, 0) is 42.8 Å². The minimum Gasteiger partial charge on any atom is -0.434 e. The third-order valence-electron chi connectivity index (χ3n) is 6.01. The minimum atomic E-state index is -4.48. The molecule has 0 saturated heterocycles. The Balaban J connectivity index is 1.40.